The number of likely N-dealkylation sites (tertiary alicyclic amines) is 1. The molecule has 4 nitrogen and oxygen atoms in total. The molecule has 1 atom stereocenters. The topological polar surface area (TPSA) is 43.8 Å². The first-order chi connectivity index (χ1) is 7.54. The van der Waals surface area contributed by atoms with Gasteiger partial charge in [0.1, 0.15) is 0 Å². The summed E-state index contributed by atoms with van der Waals surface area (Å²) in [7, 11) is 2.08. The number of hydrogen-bond acceptors (Lipinski definition) is 3. The summed E-state index contributed by atoms with van der Waals surface area (Å²) in [5.74, 6) is -0.679. The molecule has 0 bridgehead atoms. The van der Waals surface area contributed by atoms with Crippen LogP contribution in [0.3, 0.4) is 0 Å². The first-order valence-corrected chi connectivity index (χ1v) is 6.19. The number of carboxylic acids is 1. The molecule has 1 fully saturated rings. The third-order valence-corrected chi connectivity index (χ3v) is 3.66. The van der Waals surface area contributed by atoms with Crippen LogP contribution < -0.4 is 0 Å². The average Bonchev–Trinajstić information content (AvgIpc) is 2.17. The van der Waals surface area contributed by atoms with Gasteiger partial charge in [0.05, 0.1) is 6.42 Å². The minimum Gasteiger partial charge on any atom is -0.481 e. The van der Waals surface area contributed by atoms with E-state index >= 15 is 0 Å². The Morgan fingerprint density at radius 1 is 1.44 bits per heavy atom. The largest absolute Gasteiger partial charge is 0.481 e. The molecule has 0 radical (unpaired) electrons. The summed E-state index contributed by atoms with van der Waals surface area (Å²) in [4.78, 5) is 15.6. The zero-order chi connectivity index (χ0) is 12.2. The van der Waals surface area contributed by atoms with Gasteiger partial charge in [-0.25, -0.2) is 0 Å². The lowest BCUT2D eigenvalue weighted by atomic mass is 9.84. The molecule has 94 valence electrons. The molecule has 0 spiro atoms. The molecule has 1 heterocycles. The molecule has 4 heteroatoms. The standard InChI is InChI=1S/C12H24N2O2/c1-4-14(5-2)12(9-11(15)16)7-6-8-13(3)10-12/h4-10H2,1-3H3,(H,15,16). The van der Waals surface area contributed by atoms with Crippen LogP contribution in [0.1, 0.15) is 33.1 Å². The number of aliphatic carboxylic acids is 1. The van der Waals surface area contributed by atoms with E-state index in [0.717, 1.165) is 39.0 Å². The minimum absolute atomic E-state index is 0.150. The number of piperidine rings is 1. The zero-order valence-electron chi connectivity index (χ0n) is 10.7. The number of hydrogen-bond donors (Lipinski definition) is 1. The van der Waals surface area contributed by atoms with Crippen LogP contribution >= 0.6 is 0 Å². The van der Waals surface area contributed by atoms with Gasteiger partial charge in [-0.05, 0) is 39.5 Å². The van der Waals surface area contributed by atoms with Gasteiger partial charge >= 0.3 is 5.97 Å². The number of likely N-dealkylation sites (N-methyl/N-ethyl adjacent to an activating group) is 2. The van der Waals surface area contributed by atoms with Crippen molar-refractivity contribution < 1.29 is 9.90 Å². The summed E-state index contributed by atoms with van der Waals surface area (Å²) in [6.45, 7) is 8.04. The van der Waals surface area contributed by atoms with Gasteiger partial charge in [-0.15, -0.1) is 0 Å². The van der Waals surface area contributed by atoms with E-state index in [4.69, 9.17) is 5.11 Å². The Hall–Kier alpha value is -0.610. The fourth-order valence-electron chi connectivity index (χ4n) is 3.03. The second kappa shape index (κ2) is 5.64. The van der Waals surface area contributed by atoms with Gasteiger partial charge in [0.15, 0.2) is 0 Å². The summed E-state index contributed by atoms with van der Waals surface area (Å²) in [5, 5.41) is 9.11. The number of carbonyl (C=O) groups is 1. The molecular formula is C12H24N2O2. The van der Waals surface area contributed by atoms with E-state index in [0.29, 0.717) is 0 Å². The van der Waals surface area contributed by atoms with Crippen LogP contribution in [0.4, 0.5) is 0 Å². The van der Waals surface area contributed by atoms with Gasteiger partial charge in [-0.1, -0.05) is 13.8 Å². The molecule has 1 rings (SSSR count). The fourth-order valence-corrected chi connectivity index (χ4v) is 3.03. The van der Waals surface area contributed by atoms with Crippen molar-refractivity contribution in [3.63, 3.8) is 0 Å². The number of nitrogens with zero attached hydrogens (tertiary/aromatic N) is 2. The Bertz CT molecular complexity index is 241. The maximum absolute atomic E-state index is 11.1. The molecule has 0 aliphatic carbocycles. The Balaban J connectivity index is 2.85. The lowest BCUT2D eigenvalue weighted by Gasteiger charge is -2.47. The average molecular weight is 228 g/mol. The van der Waals surface area contributed by atoms with Gasteiger partial charge in [0.2, 0.25) is 0 Å². The van der Waals surface area contributed by atoms with Crippen molar-refractivity contribution in [2.24, 2.45) is 0 Å². The van der Waals surface area contributed by atoms with E-state index in [-0.39, 0.29) is 12.0 Å². The summed E-state index contributed by atoms with van der Waals surface area (Å²) in [5.41, 5.74) is -0.150. The van der Waals surface area contributed by atoms with Gasteiger partial charge in [0, 0.05) is 12.1 Å². The van der Waals surface area contributed by atoms with Crippen LogP contribution in [-0.4, -0.2) is 59.6 Å². The highest BCUT2D eigenvalue weighted by Crippen LogP contribution is 2.30. The third kappa shape index (κ3) is 2.95. The third-order valence-electron chi connectivity index (χ3n) is 3.66. The van der Waals surface area contributed by atoms with E-state index < -0.39 is 5.97 Å². The van der Waals surface area contributed by atoms with Gasteiger partial charge < -0.3 is 10.0 Å². The van der Waals surface area contributed by atoms with Crippen molar-refractivity contribution in [1.29, 1.82) is 0 Å². The van der Waals surface area contributed by atoms with E-state index in [1.165, 1.54) is 0 Å². The fraction of sp³-hybridized carbons (Fsp3) is 0.917. The van der Waals surface area contributed by atoms with E-state index in [1.807, 2.05) is 0 Å². The van der Waals surface area contributed by atoms with Crippen molar-refractivity contribution in [2.45, 2.75) is 38.6 Å². The number of carboxylic acid groups (broad SMARTS) is 1. The smallest absolute Gasteiger partial charge is 0.305 e. The van der Waals surface area contributed by atoms with Crippen molar-refractivity contribution in [1.82, 2.24) is 9.80 Å². The first kappa shape index (κ1) is 13.5. The highest BCUT2D eigenvalue weighted by atomic mass is 16.4. The summed E-state index contributed by atoms with van der Waals surface area (Å²) in [6, 6.07) is 0. The van der Waals surface area contributed by atoms with Crippen molar-refractivity contribution in [3.8, 4) is 0 Å². The summed E-state index contributed by atoms with van der Waals surface area (Å²) < 4.78 is 0. The second-order valence-electron chi connectivity index (χ2n) is 4.81. The lowest BCUT2D eigenvalue weighted by molar-refractivity contribution is -0.141. The number of rotatable bonds is 5. The highest BCUT2D eigenvalue weighted by Gasteiger charge is 2.40. The monoisotopic (exact) mass is 228 g/mol. The molecular weight excluding hydrogens is 204 g/mol. The van der Waals surface area contributed by atoms with E-state index in [2.05, 4.69) is 30.7 Å². The Labute approximate surface area is 98.2 Å². The van der Waals surface area contributed by atoms with Crippen molar-refractivity contribution in [3.05, 3.63) is 0 Å². The summed E-state index contributed by atoms with van der Waals surface area (Å²) in [6.07, 6.45) is 2.37. The van der Waals surface area contributed by atoms with Gasteiger partial charge in [-0.2, -0.15) is 0 Å². The van der Waals surface area contributed by atoms with Gasteiger partial charge in [-0.3, -0.25) is 9.69 Å². The predicted molar refractivity (Wildman–Crippen MR) is 64.6 cm³/mol. The molecule has 1 saturated heterocycles. The Kier molecular flexibility index (Phi) is 4.74. The second-order valence-corrected chi connectivity index (χ2v) is 4.81. The molecule has 1 aliphatic rings. The van der Waals surface area contributed by atoms with Crippen molar-refractivity contribution >= 4 is 5.97 Å². The molecule has 16 heavy (non-hydrogen) atoms. The maximum atomic E-state index is 11.1. The van der Waals surface area contributed by atoms with Crippen LogP contribution in [0, 0.1) is 0 Å². The van der Waals surface area contributed by atoms with Crippen LogP contribution in [-0.2, 0) is 4.79 Å². The van der Waals surface area contributed by atoms with E-state index in [1.54, 1.807) is 0 Å². The Morgan fingerprint density at radius 2 is 2.06 bits per heavy atom. The lowest BCUT2D eigenvalue weighted by Crippen LogP contribution is -2.58. The molecule has 0 aromatic heterocycles. The van der Waals surface area contributed by atoms with Gasteiger partial charge in [0.25, 0.3) is 0 Å². The first-order valence-electron chi connectivity index (χ1n) is 6.19. The SMILES string of the molecule is CCN(CC)C1(CC(=O)O)CCCN(C)C1. The maximum Gasteiger partial charge on any atom is 0.305 e. The molecule has 0 amide bonds. The molecule has 0 aromatic carbocycles. The normalized spacial score (nSPS) is 27.2. The van der Waals surface area contributed by atoms with Crippen LogP contribution in [0.5, 0.6) is 0 Å². The minimum atomic E-state index is -0.679. The van der Waals surface area contributed by atoms with E-state index in [9.17, 15) is 4.79 Å². The quantitative estimate of drug-likeness (QED) is 0.769. The Morgan fingerprint density at radius 3 is 2.50 bits per heavy atom. The summed E-state index contributed by atoms with van der Waals surface area (Å²) >= 11 is 0. The predicted octanol–water partition coefficient (Wildman–Crippen LogP) is 1.27. The molecule has 1 aliphatic heterocycles. The zero-order valence-corrected chi connectivity index (χ0v) is 10.7. The van der Waals surface area contributed by atoms with Crippen molar-refractivity contribution in [2.75, 3.05) is 33.2 Å². The van der Waals surface area contributed by atoms with Crippen LogP contribution in [0.2, 0.25) is 0 Å². The molecule has 1 unspecified atom stereocenters. The molecule has 0 aromatic rings. The van der Waals surface area contributed by atoms with Crippen LogP contribution in [0.15, 0.2) is 0 Å². The molecule has 0 saturated carbocycles. The highest BCUT2D eigenvalue weighted by molar-refractivity contribution is 5.68. The van der Waals surface area contributed by atoms with Crippen LogP contribution in [0.25, 0.3) is 0 Å². The molecule has 1 N–H and O–H groups in total.